The zero-order valence-corrected chi connectivity index (χ0v) is 11.5. The molecule has 0 saturated carbocycles. The quantitative estimate of drug-likeness (QED) is 0.752. The van der Waals surface area contributed by atoms with Crippen molar-refractivity contribution in [3.63, 3.8) is 0 Å². The smallest absolute Gasteiger partial charge is 0.136 e. The monoisotopic (exact) mass is 252 g/mol. The topological polar surface area (TPSA) is 3.24 Å². The van der Waals surface area contributed by atoms with E-state index in [1.54, 1.807) is 11.8 Å². The van der Waals surface area contributed by atoms with Crippen LogP contribution in [-0.2, 0) is 5.75 Å². The van der Waals surface area contributed by atoms with Crippen LogP contribution in [0.4, 0.5) is 0 Å². The standard InChI is InChI=1S/C13H18NS2/c1-4-14(5-2)13(15)16-10-12-8-6-11(3)7-9-12/h6-9H,3-5,10H2,1-2H3. The van der Waals surface area contributed by atoms with Crippen LogP contribution in [0.1, 0.15) is 25.0 Å². The van der Waals surface area contributed by atoms with Crippen molar-refractivity contribution in [1.29, 1.82) is 0 Å². The number of hydrogen-bond acceptors (Lipinski definition) is 2. The SMILES string of the molecule is [CH2]c1ccc(CSC(=S)N(CC)CC)cc1. The van der Waals surface area contributed by atoms with Crippen molar-refractivity contribution in [3.05, 3.63) is 42.3 Å². The summed E-state index contributed by atoms with van der Waals surface area (Å²) in [7, 11) is 0. The van der Waals surface area contributed by atoms with Crippen molar-refractivity contribution in [3.8, 4) is 0 Å². The summed E-state index contributed by atoms with van der Waals surface area (Å²) in [5.41, 5.74) is 2.35. The van der Waals surface area contributed by atoms with Crippen LogP contribution in [0, 0.1) is 6.92 Å². The lowest BCUT2D eigenvalue weighted by molar-refractivity contribution is 0.482. The van der Waals surface area contributed by atoms with Crippen molar-refractivity contribution in [2.75, 3.05) is 13.1 Å². The Labute approximate surface area is 108 Å². The van der Waals surface area contributed by atoms with Crippen LogP contribution in [-0.4, -0.2) is 22.3 Å². The van der Waals surface area contributed by atoms with Gasteiger partial charge in [-0.2, -0.15) is 0 Å². The average molecular weight is 252 g/mol. The van der Waals surface area contributed by atoms with Crippen LogP contribution in [0.15, 0.2) is 24.3 Å². The molecule has 1 aromatic rings. The van der Waals surface area contributed by atoms with Crippen molar-refractivity contribution >= 4 is 28.3 Å². The molecule has 0 heterocycles. The minimum Gasteiger partial charge on any atom is -0.358 e. The van der Waals surface area contributed by atoms with Crippen molar-refractivity contribution < 1.29 is 0 Å². The molecule has 0 unspecified atom stereocenters. The zero-order chi connectivity index (χ0) is 12.0. The first-order valence-corrected chi connectivity index (χ1v) is 6.89. The van der Waals surface area contributed by atoms with Gasteiger partial charge in [-0.3, -0.25) is 0 Å². The molecule has 0 N–H and O–H groups in total. The summed E-state index contributed by atoms with van der Waals surface area (Å²) in [5, 5.41) is 0. The second-order valence-electron chi connectivity index (χ2n) is 3.54. The normalized spacial score (nSPS) is 10.2. The van der Waals surface area contributed by atoms with E-state index in [-0.39, 0.29) is 0 Å². The molecule has 1 aromatic carbocycles. The molecule has 0 spiro atoms. The third kappa shape index (κ3) is 4.14. The lowest BCUT2D eigenvalue weighted by Crippen LogP contribution is -2.26. The van der Waals surface area contributed by atoms with Gasteiger partial charge in [-0.05, 0) is 31.9 Å². The number of thioether (sulfide) groups is 1. The molecule has 87 valence electrons. The Kier molecular flexibility index (Phi) is 5.85. The van der Waals surface area contributed by atoms with Gasteiger partial charge in [-0.1, -0.05) is 48.2 Å². The lowest BCUT2D eigenvalue weighted by atomic mass is 10.2. The summed E-state index contributed by atoms with van der Waals surface area (Å²) in [5.74, 6) is 0.940. The van der Waals surface area contributed by atoms with Crippen LogP contribution in [0.5, 0.6) is 0 Å². The van der Waals surface area contributed by atoms with E-state index >= 15 is 0 Å². The maximum absolute atomic E-state index is 5.38. The number of benzene rings is 1. The molecule has 0 saturated heterocycles. The molecule has 0 bridgehead atoms. The fourth-order valence-corrected chi connectivity index (χ4v) is 2.71. The van der Waals surface area contributed by atoms with Crippen molar-refractivity contribution in [2.45, 2.75) is 19.6 Å². The largest absolute Gasteiger partial charge is 0.358 e. The second-order valence-corrected chi connectivity index (χ2v) is 5.15. The molecule has 0 amide bonds. The molecule has 1 radical (unpaired) electrons. The van der Waals surface area contributed by atoms with Gasteiger partial charge in [0, 0.05) is 18.8 Å². The van der Waals surface area contributed by atoms with Crippen molar-refractivity contribution in [1.82, 2.24) is 4.90 Å². The molecule has 0 fully saturated rings. The number of thiocarbonyl (C=S) groups is 1. The Morgan fingerprint density at radius 2 is 1.81 bits per heavy atom. The minimum absolute atomic E-state index is 0.940. The summed E-state index contributed by atoms with van der Waals surface area (Å²) in [6.07, 6.45) is 0. The Bertz CT molecular complexity index is 328. The zero-order valence-electron chi connectivity index (χ0n) is 9.90. The molecular formula is C13H18NS2. The molecule has 0 aliphatic heterocycles. The number of nitrogens with zero attached hydrogens (tertiary/aromatic N) is 1. The van der Waals surface area contributed by atoms with E-state index in [9.17, 15) is 0 Å². The summed E-state index contributed by atoms with van der Waals surface area (Å²) in [6.45, 7) is 10.1. The first-order valence-electron chi connectivity index (χ1n) is 5.50. The van der Waals surface area contributed by atoms with Crippen LogP contribution < -0.4 is 0 Å². The van der Waals surface area contributed by atoms with E-state index in [4.69, 9.17) is 12.2 Å². The Hall–Kier alpha value is -0.540. The molecule has 0 atom stereocenters. The fourth-order valence-electron chi connectivity index (χ4n) is 1.35. The van der Waals surface area contributed by atoms with Crippen molar-refractivity contribution in [2.24, 2.45) is 0 Å². The Balaban J connectivity index is 2.45. The average Bonchev–Trinajstić information content (AvgIpc) is 2.30. The van der Waals surface area contributed by atoms with Gasteiger partial charge in [-0.15, -0.1) is 0 Å². The molecule has 0 aliphatic carbocycles. The molecule has 16 heavy (non-hydrogen) atoms. The highest BCUT2D eigenvalue weighted by Crippen LogP contribution is 2.16. The highest BCUT2D eigenvalue weighted by molar-refractivity contribution is 8.22. The third-order valence-electron chi connectivity index (χ3n) is 2.41. The fraction of sp³-hybridized carbons (Fsp3) is 0.385. The maximum atomic E-state index is 5.38. The van der Waals surface area contributed by atoms with Crippen LogP contribution in [0.3, 0.4) is 0 Å². The molecule has 0 aromatic heterocycles. The predicted octanol–water partition coefficient (Wildman–Crippen LogP) is 3.73. The van der Waals surface area contributed by atoms with Gasteiger partial charge in [0.15, 0.2) is 0 Å². The van der Waals surface area contributed by atoms with Crippen LogP contribution >= 0.6 is 24.0 Å². The highest BCUT2D eigenvalue weighted by Gasteiger charge is 2.05. The van der Waals surface area contributed by atoms with Gasteiger partial charge in [0.05, 0.1) is 0 Å². The molecule has 0 aliphatic rings. The van der Waals surface area contributed by atoms with Gasteiger partial charge in [-0.25, -0.2) is 0 Å². The molecule has 1 nitrogen and oxygen atoms in total. The molecule has 3 heteroatoms. The van der Waals surface area contributed by atoms with E-state index in [0.717, 1.165) is 28.7 Å². The van der Waals surface area contributed by atoms with Crippen LogP contribution in [0.25, 0.3) is 0 Å². The van der Waals surface area contributed by atoms with E-state index in [1.807, 2.05) is 12.1 Å². The molecule has 1 rings (SSSR count). The van der Waals surface area contributed by atoms with Crippen LogP contribution in [0.2, 0.25) is 0 Å². The van der Waals surface area contributed by atoms with Gasteiger partial charge in [0.25, 0.3) is 0 Å². The third-order valence-corrected chi connectivity index (χ3v) is 4.00. The predicted molar refractivity (Wildman–Crippen MR) is 77.7 cm³/mol. The highest BCUT2D eigenvalue weighted by atomic mass is 32.2. The van der Waals surface area contributed by atoms with E-state index in [0.29, 0.717) is 0 Å². The van der Waals surface area contributed by atoms with Gasteiger partial charge >= 0.3 is 0 Å². The Morgan fingerprint density at radius 1 is 1.25 bits per heavy atom. The summed E-state index contributed by atoms with van der Waals surface area (Å²) >= 11 is 7.10. The lowest BCUT2D eigenvalue weighted by Gasteiger charge is -2.20. The molecular weight excluding hydrogens is 234 g/mol. The van der Waals surface area contributed by atoms with E-state index < -0.39 is 0 Å². The number of hydrogen-bond donors (Lipinski definition) is 0. The summed E-state index contributed by atoms with van der Waals surface area (Å²) in [4.78, 5) is 2.20. The summed E-state index contributed by atoms with van der Waals surface area (Å²) < 4.78 is 0.990. The maximum Gasteiger partial charge on any atom is 0.136 e. The minimum atomic E-state index is 0.940. The van der Waals surface area contributed by atoms with Gasteiger partial charge in [0.2, 0.25) is 0 Å². The first kappa shape index (κ1) is 13.5. The first-order chi connectivity index (χ1) is 7.67. The van der Waals surface area contributed by atoms with Gasteiger partial charge < -0.3 is 4.90 Å². The van der Waals surface area contributed by atoms with Gasteiger partial charge in [0.1, 0.15) is 4.32 Å². The number of rotatable bonds is 4. The summed E-state index contributed by atoms with van der Waals surface area (Å²) in [6, 6.07) is 8.30. The van der Waals surface area contributed by atoms with E-state index in [2.05, 4.69) is 37.8 Å². The van der Waals surface area contributed by atoms with E-state index in [1.165, 1.54) is 5.56 Å². The second kappa shape index (κ2) is 6.92. The Morgan fingerprint density at radius 3 is 2.31 bits per heavy atom.